The molecule has 1 heterocycles. The number of rotatable bonds is 7. The summed E-state index contributed by atoms with van der Waals surface area (Å²) in [5.41, 5.74) is 6.72. The maximum Gasteiger partial charge on any atom is 0.418 e. The van der Waals surface area contributed by atoms with Crippen molar-refractivity contribution in [3.05, 3.63) is 94.8 Å². The highest BCUT2D eigenvalue weighted by Crippen LogP contribution is 2.46. The zero-order valence-electron chi connectivity index (χ0n) is 22.0. The van der Waals surface area contributed by atoms with Crippen LogP contribution in [0.25, 0.3) is 0 Å². The molecule has 1 saturated heterocycles. The quantitative estimate of drug-likeness (QED) is 0.405. The molecular formula is C29H26FN5O6. The summed E-state index contributed by atoms with van der Waals surface area (Å²) in [6, 6.07) is 16.0. The fraction of sp³-hybridized carbons (Fsp3) is 0.207. The number of imide groups is 1. The normalized spacial score (nSPS) is 17.3. The topological polar surface area (TPSA) is 151 Å². The van der Waals surface area contributed by atoms with Crippen LogP contribution in [-0.4, -0.2) is 48.3 Å². The Kier molecular flexibility index (Phi) is 7.14. The molecule has 1 aliphatic heterocycles. The second-order valence-electron chi connectivity index (χ2n) is 9.68. The highest BCUT2D eigenvalue weighted by Gasteiger charge is 2.58. The number of hydrogen-bond acceptors (Lipinski definition) is 6. The van der Waals surface area contributed by atoms with Gasteiger partial charge < -0.3 is 26.0 Å². The van der Waals surface area contributed by atoms with Crippen molar-refractivity contribution in [3.63, 3.8) is 0 Å². The third kappa shape index (κ3) is 5.19. The van der Waals surface area contributed by atoms with E-state index in [-0.39, 0.29) is 18.5 Å². The molecule has 1 spiro atoms. The van der Waals surface area contributed by atoms with Gasteiger partial charge in [-0.1, -0.05) is 18.2 Å². The van der Waals surface area contributed by atoms with Gasteiger partial charge >= 0.3 is 12.1 Å². The molecule has 0 radical (unpaired) electrons. The average Bonchev–Trinajstić information content (AvgIpc) is 3.44. The Hall–Kier alpha value is -5.26. The van der Waals surface area contributed by atoms with Gasteiger partial charge in [0.1, 0.15) is 12.4 Å². The molecule has 4 N–H and O–H groups in total. The van der Waals surface area contributed by atoms with Crippen molar-refractivity contribution >= 4 is 41.2 Å². The van der Waals surface area contributed by atoms with Crippen LogP contribution in [0, 0.1) is 5.82 Å². The maximum absolute atomic E-state index is 13.7. The van der Waals surface area contributed by atoms with E-state index in [0.29, 0.717) is 28.9 Å². The van der Waals surface area contributed by atoms with Gasteiger partial charge in [0.05, 0.1) is 6.54 Å². The van der Waals surface area contributed by atoms with Gasteiger partial charge in [-0.25, -0.2) is 18.9 Å². The van der Waals surface area contributed by atoms with E-state index >= 15 is 0 Å². The largest absolute Gasteiger partial charge is 0.427 e. The molecule has 0 bridgehead atoms. The van der Waals surface area contributed by atoms with Gasteiger partial charge in [0.25, 0.3) is 5.91 Å². The molecule has 3 aromatic carbocycles. The van der Waals surface area contributed by atoms with Crippen molar-refractivity contribution in [2.24, 2.45) is 5.73 Å². The summed E-state index contributed by atoms with van der Waals surface area (Å²) in [4.78, 5) is 65.6. The third-order valence-corrected chi connectivity index (χ3v) is 7.16. The van der Waals surface area contributed by atoms with Gasteiger partial charge in [0.2, 0.25) is 17.4 Å². The Bertz CT molecular complexity index is 1560. The molecule has 0 saturated carbocycles. The Morgan fingerprint density at radius 2 is 1.76 bits per heavy atom. The molecule has 1 aliphatic carbocycles. The van der Waals surface area contributed by atoms with Crippen LogP contribution in [0.3, 0.4) is 0 Å². The molecule has 210 valence electrons. The lowest BCUT2D eigenvalue weighted by molar-refractivity contribution is -0.139. The second kappa shape index (κ2) is 10.7. The number of ether oxygens (including phenoxy) is 1. The first-order chi connectivity index (χ1) is 19.6. The Balaban J connectivity index is 1.40. The van der Waals surface area contributed by atoms with E-state index in [9.17, 15) is 28.4 Å². The van der Waals surface area contributed by atoms with Crippen molar-refractivity contribution in [1.82, 2.24) is 10.2 Å². The first-order valence-electron chi connectivity index (χ1n) is 12.7. The van der Waals surface area contributed by atoms with Crippen molar-refractivity contribution < 1.29 is 33.1 Å². The fourth-order valence-corrected chi connectivity index (χ4v) is 5.05. The highest BCUT2D eigenvalue weighted by atomic mass is 19.1. The number of benzene rings is 3. The predicted molar refractivity (Wildman–Crippen MR) is 145 cm³/mol. The van der Waals surface area contributed by atoms with E-state index in [1.165, 1.54) is 60.5 Å². The van der Waals surface area contributed by atoms with Crippen LogP contribution >= 0.6 is 0 Å². The number of primary amides is 1. The highest BCUT2D eigenvalue weighted by molar-refractivity contribution is 6.08. The minimum absolute atomic E-state index is 0.00119. The SMILES string of the molecule is CNC(=O)Nc1ccc2c(c1)CC[C@@]21OC(=O)N(CC(=O)N(Cc2ccc(F)cc2)c2ccc(C(N)=O)cc2)C1=O. The second-order valence-corrected chi connectivity index (χ2v) is 9.68. The number of nitrogens with one attached hydrogen (secondary N) is 2. The van der Waals surface area contributed by atoms with Crippen LogP contribution in [0.1, 0.15) is 33.5 Å². The monoisotopic (exact) mass is 559 g/mol. The Morgan fingerprint density at radius 3 is 2.41 bits per heavy atom. The average molecular weight is 560 g/mol. The molecule has 0 aromatic heterocycles. The number of anilines is 2. The number of urea groups is 1. The summed E-state index contributed by atoms with van der Waals surface area (Å²) >= 11 is 0. The van der Waals surface area contributed by atoms with Gasteiger partial charge in [-0.05, 0) is 66.1 Å². The van der Waals surface area contributed by atoms with E-state index in [2.05, 4.69) is 10.6 Å². The fourth-order valence-electron chi connectivity index (χ4n) is 5.05. The molecule has 41 heavy (non-hydrogen) atoms. The molecule has 2 aliphatic rings. The van der Waals surface area contributed by atoms with E-state index in [4.69, 9.17) is 10.5 Å². The Morgan fingerprint density at radius 1 is 1.05 bits per heavy atom. The summed E-state index contributed by atoms with van der Waals surface area (Å²) in [5.74, 6) is -2.35. The number of carbonyl (C=O) groups excluding carboxylic acids is 5. The number of aryl methyl sites for hydroxylation is 1. The van der Waals surface area contributed by atoms with Gasteiger partial charge in [-0.3, -0.25) is 14.4 Å². The maximum atomic E-state index is 13.7. The van der Waals surface area contributed by atoms with Crippen molar-refractivity contribution in [1.29, 1.82) is 0 Å². The summed E-state index contributed by atoms with van der Waals surface area (Å²) in [6.07, 6.45) is -0.341. The summed E-state index contributed by atoms with van der Waals surface area (Å²) in [6.45, 7) is -0.606. The van der Waals surface area contributed by atoms with Gasteiger partial charge in [-0.15, -0.1) is 0 Å². The summed E-state index contributed by atoms with van der Waals surface area (Å²) in [5, 5.41) is 5.13. The molecule has 5 rings (SSSR count). The number of hydrogen-bond donors (Lipinski definition) is 3. The number of carbonyl (C=O) groups is 5. The lowest BCUT2D eigenvalue weighted by atomic mass is 9.94. The smallest absolute Gasteiger partial charge is 0.418 e. The molecular weight excluding hydrogens is 533 g/mol. The van der Waals surface area contributed by atoms with Crippen molar-refractivity contribution in [3.8, 4) is 0 Å². The summed E-state index contributed by atoms with van der Waals surface area (Å²) in [7, 11) is 1.49. The molecule has 11 nitrogen and oxygen atoms in total. The first-order valence-corrected chi connectivity index (χ1v) is 12.7. The van der Waals surface area contributed by atoms with Gasteiger partial charge in [0.15, 0.2) is 0 Å². The standard InChI is InChI=1S/C29H26FN5O6/c1-32-27(39)33-21-8-11-23-19(14-21)12-13-29(23)26(38)35(28(40)41-29)16-24(36)34(15-17-2-6-20(30)7-3-17)22-9-4-18(5-10-22)25(31)37/h2-11,14H,12-13,15-16H2,1H3,(H2,31,37)(H2,32,33,39)/t29-/m1/s1. The minimum Gasteiger partial charge on any atom is -0.427 e. The molecule has 6 amide bonds. The first kappa shape index (κ1) is 27.3. The number of nitrogens with two attached hydrogens (primary N) is 1. The number of halogens is 1. The number of nitrogens with zero attached hydrogens (tertiary/aromatic N) is 2. The summed E-state index contributed by atoms with van der Waals surface area (Å²) < 4.78 is 19.1. The van der Waals surface area contributed by atoms with Crippen LogP contribution in [0.5, 0.6) is 0 Å². The lowest BCUT2D eigenvalue weighted by Gasteiger charge is -2.25. The molecule has 3 aromatic rings. The van der Waals surface area contributed by atoms with E-state index < -0.39 is 47.8 Å². The third-order valence-electron chi connectivity index (χ3n) is 7.16. The Labute approximate surface area is 234 Å². The zero-order chi connectivity index (χ0) is 29.3. The molecule has 0 unspecified atom stereocenters. The van der Waals surface area contributed by atoms with E-state index in [1.807, 2.05) is 0 Å². The van der Waals surface area contributed by atoms with E-state index in [1.54, 1.807) is 18.2 Å². The van der Waals surface area contributed by atoms with Crippen LogP contribution in [0.2, 0.25) is 0 Å². The van der Waals surface area contributed by atoms with Crippen LogP contribution in [0.4, 0.5) is 25.4 Å². The van der Waals surface area contributed by atoms with Gasteiger partial charge in [0, 0.05) is 36.0 Å². The van der Waals surface area contributed by atoms with Crippen molar-refractivity contribution in [2.75, 3.05) is 23.8 Å². The van der Waals surface area contributed by atoms with Crippen molar-refractivity contribution in [2.45, 2.75) is 25.0 Å². The molecule has 12 heteroatoms. The number of fused-ring (bicyclic) bond motifs is 2. The van der Waals surface area contributed by atoms with Crippen LogP contribution in [-0.2, 0) is 32.9 Å². The zero-order valence-corrected chi connectivity index (χ0v) is 22.0. The molecule has 1 atom stereocenters. The van der Waals surface area contributed by atoms with Crippen LogP contribution in [0.15, 0.2) is 66.7 Å². The van der Waals surface area contributed by atoms with E-state index in [0.717, 1.165) is 10.5 Å². The predicted octanol–water partition coefficient (Wildman–Crippen LogP) is 3.03. The number of amides is 6. The lowest BCUT2D eigenvalue weighted by Crippen LogP contribution is -2.44. The van der Waals surface area contributed by atoms with Gasteiger partial charge in [-0.2, -0.15) is 0 Å². The molecule has 1 fully saturated rings. The minimum atomic E-state index is -1.57. The van der Waals surface area contributed by atoms with Crippen LogP contribution < -0.4 is 21.3 Å².